The van der Waals surface area contributed by atoms with E-state index in [-0.39, 0.29) is 18.3 Å². The number of ether oxygens (including phenoxy) is 2. The Morgan fingerprint density at radius 3 is 2.50 bits per heavy atom. The van der Waals surface area contributed by atoms with E-state index in [1.54, 1.807) is 36.4 Å². The monoisotopic (exact) mass is 374 g/mol. The molecule has 8 heteroatoms. The van der Waals surface area contributed by atoms with E-state index in [0.717, 1.165) is 0 Å². The fraction of sp³-hybridized carbons (Fsp3) is 0.278. The highest BCUT2D eigenvalue weighted by atomic mass is 32.2. The van der Waals surface area contributed by atoms with Crippen LogP contribution in [-0.4, -0.2) is 39.3 Å². The molecule has 4 rings (SSSR count). The zero-order chi connectivity index (χ0) is 18.1. The van der Waals surface area contributed by atoms with E-state index in [0.29, 0.717) is 35.8 Å². The Labute approximate surface area is 151 Å². The molecule has 0 radical (unpaired) electrons. The van der Waals surface area contributed by atoms with Crippen LogP contribution < -0.4 is 19.1 Å². The number of sulfonamides is 1. The summed E-state index contributed by atoms with van der Waals surface area (Å²) in [5.74, 6) is 1.01. The molecule has 1 N–H and O–H groups in total. The van der Waals surface area contributed by atoms with E-state index in [4.69, 9.17) is 9.47 Å². The van der Waals surface area contributed by atoms with Crippen LogP contribution in [0.1, 0.15) is 6.42 Å². The van der Waals surface area contributed by atoms with Gasteiger partial charge in [0.1, 0.15) is 6.61 Å². The van der Waals surface area contributed by atoms with E-state index >= 15 is 0 Å². The molecule has 0 bridgehead atoms. The summed E-state index contributed by atoms with van der Waals surface area (Å²) in [5, 5.41) is 2.77. The minimum absolute atomic E-state index is 0.132. The number of benzene rings is 2. The van der Waals surface area contributed by atoms with Crippen molar-refractivity contribution in [1.82, 2.24) is 0 Å². The first-order valence-corrected chi connectivity index (χ1v) is 9.94. The molecule has 0 saturated carbocycles. The highest BCUT2D eigenvalue weighted by molar-refractivity contribution is 7.93. The summed E-state index contributed by atoms with van der Waals surface area (Å²) in [7, 11) is -3.21. The van der Waals surface area contributed by atoms with E-state index in [1.165, 1.54) is 4.31 Å². The Morgan fingerprint density at radius 2 is 1.81 bits per heavy atom. The number of fused-ring (bicyclic) bond motifs is 1. The number of carbonyl (C=O) groups excluding carboxylic acids is 1. The van der Waals surface area contributed by atoms with Gasteiger partial charge in [-0.15, -0.1) is 0 Å². The van der Waals surface area contributed by atoms with E-state index < -0.39 is 16.1 Å². The van der Waals surface area contributed by atoms with Crippen LogP contribution >= 0.6 is 0 Å². The van der Waals surface area contributed by atoms with Gasteiger partial charge in [0.25, 0.3) is 5.91 Å². The fourth-order valence-corrected chi connectivity index (χ4v) is 4.58. The molecule has 136 valence electrons. The zero-order valence-corrected chi connectivity index (χ0v) is 14.7. The van der Waals surface area contributed by atoms with Gasteiger partial charge in [-0.1, -0.05) is 12.1 Å². The second-order valence-corrected chi connectivity index (χ2v) is 8.15. The van der Waals surface area contributed by atoms with E-state index in [2.05, 4.69) is 5.32 Å². The molecular formula is C18H18N2O5S. The van der Waals surface area contributed by atoms with Crippen molar-refractivity contribution in [2.75, 3.05) is 28.5 Å². The fourth-order valence-electron chi connectivity index (χ4n) is 3.01. The molecule has 1 fully saturated rings. The van der Waals surface area contributed by atoms with Crippen molar-refractivity contribution in [3.63, 3.8) is 0 Å². The SMILES string of the molecule is O=C(Nc1ccc(N2CCCS2(=O)=O)cc1)C1COc2ccccc2O1. The van der Waals surface area contributed by atoms with Gasteiger partial charge in [0.2, 0.25) is 16.1 Å². The third-order valence-electron chi connectivity index (χ3n) is 4.32. The van der Waals surface area contributed by atoms with E-state index in [9.17, 15) is 13.2 Å². The molecule has 2 aliphatic rings. The van der Waals surface area contributed by atoms with Gasteiger partial charge >= 0.3 is 0 Å². The predicted molar refractivity (Wildman–Crippen MR) is 97.2 cm³/mol. The average Bonchev–Trinajstić information content (AvgIpc) is 3.01. The average molecular weight is 374 g/mol. The van der Waals surface area contributed by atoms with Crippen LogP contribution in [0.4, 0.5) is 11.4 Å². The standard InChI is InChI=1S/C18H18N2O5S/c21-18(17-12-24-15-4-1-2-5-16(15)25-17)19-13-6-8-14(9-7-13)20-10-3-11-26(20,22)23/h1-2,4-9,17H,3,10-12H2,(H,19,21). The maximum absolute atomic E-state index is 12.4. The van der Waals surface area contributed by atoms with Gasteiger partial charge in [-0.25, -0.2) is 8.42 Å². The lowest BCUT2D eigenvalue weighted by Gasteiger charge is -2.25. The highest BCUT2D eigenvalue weighted by Crippen LogP contribution is 2.31. The second kappa shape index (κ2) is 6.53. The maximum atomic E-state index is 12.4. The van der Waals surface area contributed by atoms with Crippen LogP contribution in [0.15, 0.2) is 48.5 Å². The molecule has 2 aromatic rings. The molecule has 0 aliphatic carbocycles. The van der Waals surface area contributed by atoms with Crippen molar-refractivity contribution < 1.29 is 22.7 Å². The van der Waals surface area contributed by atoms with Crippen molar-refractivity contribution >= 4 is 27.3 Å². The summed E-state index contributed by atoms with van der Waals surface area (Å²) < 4.78 is 36.5. The Bertz CT molecular complexity index is 927. The Balaban J connectivity index is 1.42. The largest absolute Gasteiger partial charge is 0.485 e. The third kappa shape index (κ3) is 3.20. The van der Waals surface area contributed by atoms with Crippen molar-refractivity contribution in [3.8, 4) is 11.5 Å². The minimum atomic E-state index is -3.21. The first-order valence-electron chi connectivity index (χ1n) is 8.33. The van der Waals surface area contributed by atoms with Gasteiger partial charge in [0.05, 0.1) is 11.4 Å². The summed E-state index contributed by atoms with van der Waals surface area (Å²) in [6.45, 7) is 0.619. The molecule has 7 nitrogen and oxygen atoms in total. The summed E-state index contributed by atoms with van der Waals surface area (Å²) in [6, 6.07) is 13.9. The molecule has 1 saturated heterocycles. The number of para-hydroxylation sites is 2. The quantitative estimate of drug-likeness (QED) is 0.888. The van der Waals surface area contributed by atoms with Gasteiger partial charge in [0, 0.05) is 12.2 Å². The summed E-state index contributed by atoms with van der Waals surface area (Å²) in [6.07, 6.45) is -0.120. The van der Waals surface area contributed by atoms with Crippen LogP contribution in [0.2, 0.25) is 0 Å². The number of hydrogen-bond donors (Lipinski definition) is 1. The zero-order valence-electron chi connectivity index (χ0n) is 13.9. The van der Waals surface area contributed by atoms with Gasteiger partial charge in [0.15, 0.2) is 11.5 Å². The van der Waals surface area contributed by atoms with Crippen LogP contribution in [0, 0.1) is 0 Å². The maximum Gasteiger partial charge on any atom is 0.269 e. The lowest BCUT2D eigenvalue weighted by Crippen LogP contribution is -2.40. The number of anilines is 2. The number of amides is 1. The molecule has 26 heavy (non-hydrogen) atoms. The molecule has 2 aromatic carbocycles. The van der Waals surface area contributed by atoms with Gasteiger partial charge in [-0.2, -0.15) is 0 Å². The Hall–Kier alpha value is -2.74. The summed E-state index contributed by atoms with van der Waals surface area (Å²) in [5.41, 5.74) is 1.17. The number of nitrogens with zero attached hydrogens (tertiary/aromatic N) is 1. The van der Waals surface area contributed by atoms with Crippen LogP contribution in [0.25, 0.3) is 0 Å². The molecule has 0 spiro atoms. The van der Waals surface area contributed by atoms with Gasteiger partial charge in [-0.05, 0) is 42.8 Å². The normalized spacial score (nSPS) is 20.6. The number of rotatable bonds is 3. The highest BCUT2D eigenvalue weighted by Gasteiger charge is 2.29. The second-order valence-electron chi connectivity index (χ2n) is 6.14. The molecule has 1 unspecified atom stereocenters. The molecule has 2 heterocycles. The first-order chi connectivity index (χ1) is 12.5. The van der Waals surface area contributed by atoms with E-state index in [1.807, 2.05) is 12.1 Å². The molecule has 0 aromatic heterocycles. The predicted octanol–water partition coefficient (Wildman–Crippen LogP) is 2.00. The van der Waals surface area contributed by atoms with Crippen LogP contribution in [0.5, 0.6) is 11.5 Å². The summed E-state index contributed by atoms with van der Waals surface area (Å²) in [4.78, 5) is 12.4. The molecular weight excluding hydrogens is 356 g/mol. The van der Waals surface area contributed by atoms with Crippen molar-refractivity contribution in [2.45, 2.75) is 12.5 Å². The summed E-state index contributed by atoms with van der Waals surface area (Å²) >= 11 is 0. The van der Waals surface area contributed by atoms with Crippen molar-refractivity contribution in [2.24, 2.45) is 0 Å². The molecule has 1 atom stereocenters. The first kappa shape index (κ1) is 16.7. The molecule has 1 amide bonds. The van der Waals surface area contributed by atoms with Gasteiger partial charge < -0.3 is 14.8 Å². The topological polar surface area (TPSA) is 84.9 Å². The smallest absolute Gasteiger partial charge is 0.269 e. The van der Waals surface area contributed by atoms with Gasteiger partial charge in [-0.3, -0.25) is 9.10 Å². The minimum Gasteiger partial charge on any atom is -0.485 e. The lowest BCUT2D eigenvalue weighted by atomic mass is 10.2. The molecule has 2 aliphatic heterocycles. The Kier molecular flexibility index (Phi) is 4.20. The van der Waals surface area contributed by atoms with Crippen LogP contribution in [0.3, 0.4) is 0 Å². The van der Waals surface area contributed by atoms with Crippen LogP contribution in [-0.2, 0) is 14.8 Å². The van der Waals surface area contributed by atoms with Crippen molar-refractivity contribution in [3.05, 3.63) is 48.5 Å². The lowest BCUT2D eigenvalue weighted by molar-refractivity contribution is -0.125. The Morgan fingerprint density at radius 1 is 1.08 bits per heavy atom. The number of carbonyl (C=O) groups is 1. The number of hydrogen-bond acceptors (Lipinski definition) is 5. The number of nitrogens with one attached hydrogen (secondary N) is 1. The van der Waals surface area contributed by atoms with Crippen molar-refractivity contribution in [1.29, 1.82) is 0 Å². The third-order valence-corrected chi connectivity index (χ3v) is 6.19.